The molecule has 0 saturated heterocycles. The Morgan fingerprint density at radius 3 is 1.10 bits per heavy atom. The van der Waals surface area contributed by atoms with E-state index in [1.54, 1.807) is 0 Å². The van der Waals surface area contributed by atoms with Crippen LogP contribution in [0.2, 0.25) is 0 Å². The Labute approximate surface area is 644 Å². The van der Waals surface area contributed by atoms with Crippen LogP contribution in [0.1, 0.15) is 55.6 Å². The van der Waals surface area contributed by atoms with Gasteiger partial charge in [0.1, 0.15) is 0 Å². The van der Waals surface area contributed by atoms with E-state index in [9.17, 15) is 0 Å². The zero-order chi connectivity index (χ0) is 72.8. The first-order chi connectivity index (χ1) is 52.5. The number of hydrogen-bond donors (Lipinski definition) is 0. The van der Waals surface area contributed by atoms with Gasteiger partial charge in [-0.25, -0.2) is 0 Å². The summed E-state index contributed by atoms with van der Waals surface area (Å²) in [7, 11) is 0. The van der Waals surface area contributed by atoms with Crippen LogP contribution in [0.25, 0.3) is 125 Å². The van der Waals surface area contributed by atoms with E-state index in [2.05, 4.69) is 412 Å². The first-order valence-corrected chi connectivity index (χ1v) is 39.9. The quantitative estimate of drug-likeness (QED) is 0.161. The molecule has 0 unspecified atom stereocenters. The van der Waals surface area contributed by atoms with Crippen LogP contribution in [-0.4, -0.2) is 0 Å². The van der Waals surface area contributed by atoms with Gasteiger partial charge in [-0.3, -0.25) is 0 Å². The maximum absolute atomic E-state index is 2.37. The molecular weight excluding hydrogens is 1370 g/mol. The highest BCUT2D eigenvalue weighted by molar-refractivity contribution is 7.27. The summed E-state index contributed by atoms with van der Waals surface area (Å²) in [6, 6.07) is 135. The molecule has 20 aromatic rings. The Balaban J connectivity index is 0.0000000999. The van der Waals surface area contributed by atoms with Crippen molar-refractivity contribution in [1.82, 2.24) is 0 Å². The van der Waals surface area contributed by atoms with Gasteiger partial charge < -0.3 is 0 Å². The molecule has 1 aliphatic carbocycles. The molecule has 0 radical (unpaired) electrons. The minimum Gasteiger partial charge on any atom is -0.135 e. The number of aryl methyl sites for hydroxylation is 6. The Hall–Kier alpha value is -11.6. The standard InChI is InChI=1S/C26H20.2C19H14S.2C13H10S.C13H12/c1-19-16-17-23-22-14-8-9-15-24(22)26(25(23)18-19,20-10-4-2-5-11-20)21-12-6-3-7-13-21;1-13-6-4-7-14(12-13)15-9-5-10-17-16-8-2-3-11-18(16)20-19(15)17;1-13-9-11-14(12-10-13)15-6-4-7-17-16-5-2-3-8-18(16)20-19(15)17;1-9-5-4-7-11-10-6-2-3-8-12(10)14-13(9)11;1-9-6-7-13-11(8-9)10-4-2-3-5-12(10)14-13;1-11-7-9-13(10-8-11)12-5-3-2-4-6-12/h2-18H,1H3;2*2-12H,1H3;2*2-8H,1H3;2-10H,1H3. The fraction of sp³-hybridized carbons (Fsp3) is 0.0680. The fourth-order valence-electron chi connectivity index (χ4n) is 15.2. The molecule has 4 aromatic heterocycles. The molecule has 0 fully saturated rings. The van der Waals surface area contributed by atoms with Gasteiger partial charge >= 0.3 is 0 Å². The highest BCUT2D eigenvalue weighted by Gasteiger charge is 2.46. The van der Waals surface area contributed by atoms with Gasteiger partial charge in [0.15, 0.2) is 0 Å². The fourth-order valence-corrected chi connectivity index (χ4v) is 19.9. The third kappa shape index (κ3) is 14.3. The van der Waals surface area contributed by atoms with Crippen LogP contribution in [0, 0.1) is 41.5 Å². The van der Waals surface area contributed by atoms with Gasteiger partial charge in [-0.1, -0.05) is 368 Å². The molecule has 21 rings (SSSR count). The summed E-state index contributed by atoms with van der Waals surface area (Å²) in [5, 5.41) is 11.0. The Morgan fingerprint density at radius 1 is 0.187 bits per heavy atom. The van der Waals surface area contributed by atoms with Crippen molar-refractivity contribution >= 4 is 126 Å². The molecule has 0 aliphatic heterocycles. The summed E-state index contributed by atoms with van der Waals surface area (Å²) in [4.78, 5) is 0. The summed E-state index contributed by atoms with van der Waals surface area (Å²) in [5.41, 5.74) is 23.6. The van der Waals surface area contributed by atoms with E-state index in [1.807, 2.05) is 51.4 Å². The van der Waals surface area contributed by atoms with E-state index in [4.69, 9.17) is 0 Å². The minimum atomic E-state index is -0.263. The van der Waals surface area contributed by atoms with Crippen molar-refractivity contribution in [2.75, 3.05) is 0 Å². The van der Waals surface area contributed by atoms with Crippen molar-refractivity contribution < 1.29 is 0 Å². The lowest BCUT2D eigenvalue weighted by Crippen LogP contribution is -2.28. The van der Waals surface area contributed by atoms with Crippen LogP contribution in [0.4, 0.5) is 0 Å². The van der Waals surface area contributed by atoms with E-state index in [0.717, 1.165) is 0 Å². The molecule has 0 nitrogen and oxygen atoms in total. The summed E-state index contributed by atoms with van der Waals surface area (Å²) in [6.45, 7) is 12.9. The van der Waals surface area contributed by atoms with Crippen molar-refractivity contribution in [2.24, 2.45) is 0 Å². The minimum absolute atomic E-state index is 0.263. The number of rotatable bonds is 5. The van der Waals surface area contributed by atoms with Crippen LogP contribution >= 0.6 is 45.3 Å². The molecule has 516 valence electrons. The van der Waals surface area contributed by atoms with Crippen LogP contribution in [-0.2, 0) is 5.41 Å². The Bertz CT molecular complexity index is 6440. The topological polar surface area (TPSA) is 0 Å². The van der Waals surface area contributed by atoms with Gasteiger partial charge in [-0.15, -0.1) is 45.3 Å². The van der Waals surface area contributed by atoms with Crippen molar-refractivity contribution in [3.63, 3.8) is 0 Å². The summed E-state index contributed by atoms with van der Waals surface area (Å²) < 4.78 is 11.1. The molecule has 1 aliphatic rings. The second-order valence-corrected chi connectivity index (χ2v) is 32.0. The van der Waals surface area contributed by atoms with E-state index < -0.39 is 0 Å². The van der Waals surface area contributed by atoms with Crippen LogP contribution < -0.4 is 0 Å². The van der Waals surface area contributed by atoms with Gasteiger partial charge in [-0.2, -0.15) is 0 Å². The number of benzene rings is 16. The maximum Gasteiger partial charge on any atom is 0.0713 e. The van der Waals surface area contributed by atoms with Crippen molar-refractivity contribution in [3.8, 4) is 44.5 Å². The highest BCUT2D eigenvalue weighted by atomic mass is 32.1. The highest BCUT2D eigenvalue weighted by Crippen LogP contribution is 2.56. The van der Waals surface area contributed by atoms with Gasteiger partial charge in [0.25, 0.3) is 0 Å². The van der Waals surface area contributed by atoms with Crippen LogP contribution in [0.3, 0.4) is 0 Å². The number of thiophene rings is 4. The first-order valence-electron chi connectivity index (χ1n) is 36.7. The third-order valence-corrected chi connectivity index (χ3v) is 25.3. The van der Waals surface area contributed by atoms with Crippen LogP contribution in [0.5, 0.6) is 0 Å². The number of hydrogen-bond acceptors (Lipinski definition) is 4. The van der Waals surface area contributed by atoms with Gasteiger partial charge in [0, 0.05) is 80.7 Å². The van der Waals surface area contributed by atoms with Gasteiger partial charge in [0.2, 0.25) is 0 Å². The third-order valence-electron chi connectivity index (χ3n) is 20.4. The molecule has 4 heteroatoms. The lowest BCUT2D eigenvalue weighted by atomic mass is 9.67. The molecule has 0 bridgehead atoms. The zero-order valence-corrected chi connectivity index (χ0v) is 64.2. The Kier molecular flexibility index (Phi) is 20.4. The van der Waals surface area contributed by atoms with Crippen molar-refractivity contribution in [2.45, 2.75) is 47.0 Å². The summed E-state index contributed by atoms with van der Waals surface area (Å²) in [5.74, 6) is 0. The summed E-state index contributed by atoms with van der Waals surface area (Å²) in [6.07, 6.45) is 0. The normalized spacial score (nSPS) is 11.7. The predicted octanol–water partition coefficient (Wildman–Crippen LogP) is 30.8. The summed E-state index contributed by atoms with van der Waals surface area (Å²) >= 11 is 7.53. The SMILES string of the molecule is Cc1ccc(-c2cccc3c2sc2ccccc23)cc1.Cc1ccc(-c2ccccc2)cc1.Cc1ccc2c(c1)C(c1ccccc1)(c1ccccc1)c1ccccc1-2.Cc1ccc2sc3ccccc3c2c1.Cc1cccc(-c2cccc3c2sc2ccccc23)c1.Cc1cccc2c1sc1ccccc12. The maximum atomic E-state index is 2.37. The molecule has 4 heterocycles. The van der Waals surface area contributed by atoms with E-state index >= 15 is 0 Å². The first kappa shape index (κ1) is 69.8. The van der Waals surface area contributed by atoms with Gasteiger partial charge in [-0.05, 0) is 150 Å². The largest absolute Gasteiger partial charge is 0.135 e. The molecule has 0 N–H and O–H groups in total. The lowest BCUT2D eigenvalue weighted by molar-refractivity contribution is 0.767. The van der Waals surface area contributed by atoms with Crippen molar-refractivity contribution in [3.05, 3.63) is 432 Å². The van der Waals surface area contributed by atoms with E-state index in [-0.39, 0.29) is 5.41 Å². The molecule has 107 heavy (non-hydrogen) atoms. The molecule has 0 amide bonds. The van der Waals surface area contributed by atoms with Gasteiger partial charge in [0.05, 0.1) is 5.41 Å². The molecule has 0 saturated carbocycles. The van der Waals surface area contributed by atoms with Crippen LogP contribution in [0.15, 0.2) is 376 Å². The second kappa shape index (κ2) is 31.2. The molecule has 0 atom stereocenters. The molecule has 16 aromatic carbocycles. The number of fused-ring (bicyclic) bond motifs is 15. The lowest BCUT2D eigenvalue weighted by Gasteiger charge is -2.34. The average molecular weight is 1450 g/mol. The molecular formula is C103H80S4. The Morgan fingerprint density at radius 2 is 0.542 bits per heavy atom. The van der Waals surface area contributed by atoms with Crippen molar-refractivity contribution in [1.29, 1.82) is 0 Å². The smallest absolute Gasteiger partial charge is 0.0713 e. The monoisotopic (exact) mass is 1440 g/mol. The predicted molar refractivity (Wildman–Crippen MR) is 472 cm³/mol. The second-order valence-electron chi connectivity index (χ2n) is 27.8. The van der Waals surface area contributed by atoms with E-state index in [1.165, 1.54) is 181 Å². The van der Waals surface area contributed by atoms with E-state index in [0.29, 0.717) is 0 Å². The zero-order valence-electron chi connectivity index (χ0n) is 60.9. The molecule has 0 spiro atoms. The average Bonchev–Trinajstić information content (AvgIpc) is 1.55.